The lowest BCUT2D eigenvalue weighted by Crippen LogP contribution is -2.50. The summed E-state index contributed by atoms with van der Waals surface area (Å²) in [6.07, 6.45) is 4.75. The molecule has 0 bridgehead atoms. The zero-order valence-electron chi connectivity index (χ0n) is 16.9. The minimum absolute atomic E-state index is 0.0367. The van der Waals surface area contributed by atoms with E-state index in [1.807, 2.05) is 12.1 Å². The molecule has 3 fully saturated rings. The molecule has 0 spiro atoms. The summed E-state index contributed by atoms with van der Waals surface area (Å²) < 4.78 is 19.3. The quantitative estimate of drug-likeness (QED) is 0.710. The van der Waals surface area contributed by atoms with Crippen LogP contribution < -0.4 is 5.32 Å². The van der Waals surface area contributed by atoms with Crippen molar-refractivity contribution in [2.45, 2.75) is 51.3 Å². The van der Waals surface area contributed by atoms with E-state index in [0.29, 0.717) is 11.8 Å². The zero-order valence-corrected chi connectivity index (χ0v) is 16.9. The van der Waals surface area contributed by atoms with Crippen LogP contribution in [0.15, 0.2) is 24.3 Å². The van der Waals surface area contributed by atoms with Crippen LogP contribution in [0.4, 0.5) is 4.39 Å². The molecule has 2 saturated carbocycles. The SMILES string of the molecule is CC(=O)N[C@@H]1C[C@@H]2CN(Cc3ccc(F)cc3)C[C@@H]2C[C@H]1OCC1CC1.O=CO. The van der Waals surface area contributed by atoms with Gasteiger partial charge in [0.05, 0.1) is 12.1 Å². The molecule has 1 amide bonds. The topological polar surface area (TPSA) is 78.9 Å². The first-order valence-electron chi connectivity index (χ1n) is 10.4. The summed E-state index contributed by atoms with van der Waals surface area (Å²) in [4.78, 5) is 22.5. The van der Waals surface area contributed by atoms with Gasteiger partial charge in [-0.1, -0.05) is 12.1 Å². The number of halogens is 1. The number of likely N-dealkylation sites (tertiary alicyclic amines) is 1. The second-order valence-electron chi connectivity index (χ2n) is 8.54. The van der Waals surface area contributed by atoms with Gasteiger partial charge in [-0.25, -0.2) is 4.39 Å². The van der Waals surface area contributed by atoms with Crippen molar-refractivity contribution in [2.24, 2.45) is 17.8 Å². The Kier molecular flexibility index (Phi) is 7.61. The Morgan fingerprint density at radius 3 is 2.45 bits per heavy atom. The van der Waals surface area contributed by atoms with Crippen molar-refractivity contribution in [3.8, 4) is 0 Å². The molecule has 1 heterocycles. The number of fused-ring (bicyclic) bond motifs is 1. The van der Waals surface area contributed by atoms with E-state index in [-0.39, 0.29) is 30.3 Å². The lowest BCUT2D eigenvalue weighted by atomic mass is 9.77. The summed E-state index contributed by atoms with van der Waals surface area (Å²) in [5, 5.41) is 10.0. The molecule has 0 radical (unpaired) electrons. The Bertz CT molecular complexity index is 680. The summed E-state index contributed by atoms with van der Waals surface area (Å²) in [7, 11) is 0. The Balaban J connectivity index is 0.000000755. The van der Waals surface area contributed by atoms with Crippen LogP contribution in [-0.2, 0) is 20.9 Å². The number of hydrogen-bond acceptors (Lipinski definition) is 4. The van der Waals surface area contributed by atoms with Crippen LogP contribution in [0.5, 0.6) is 0 Å². The predicted molar refractivity (Wildman–Crippen MR) is 107 cm³/mol. The standard InChI is InChI=1S/C21H29FN2O2.CH2O2/c1-14(25)23-20-8-17-11-24(10-15-4-6-19(22)7-5-15)12-18(17)9-21(20)26-13-16-2-3-16;2-1-3/h4-7,16-18,20-21H,2-3,8-13H2,1H3,(H,23,25);1H,(H,2,3)/t17-,18+,20-,21-;/m1./s1. The van der Waals surface area contributed by atoms with Crippen LogP contribution in [0.1, 0.15) is 38.2 Å². The van der Waals surface area contributed by atoms with E-state index in [1.165, 1.54) is 25.0 Å². The normalized spacial score (nSPS) is 28.8. The smallest absolute Gasteiger partial charge is 0.290 e. The average molecular weight is 406 g/mol. The van der Waals surface area contributed by atoms with Gasteiger partial charge in [-0.2, -0.15) is 0 Å². The Morgan fingerprint density at radius 1 is 1.24 bits per heavy atom. The summed E-state index contributed by atoms with van der Waals surface area (Å²) in [5.74, 6) is 1.83. The minimum atomic E-state index is -0.250. The van der Waals surface area contributed by atoms with Crippen LogP contribution in [0.2, 0.25) is 0 Å². The molecule has 1 aromatic rings. The van der Waals surface area contributed by atoms with Crippen molar-refractivity contribution in [1.29, 1.82) is 0 Å². The molecule has 1 saturated heterocycles. The molecular formula is C22H31FN2O4. The molecule has 29 heavy (non-hydrogen) atoms. The van der Waals surface area contributed by atoms with Crippen LogP contribution in [0.3, 0.4) is 0 Å². The number of rotatable bonds is 6. The summed E-state index contributed by atoms with van der Waals surface area (Å²) >= 11 is 0. The zero-order chi connectivity index (χ0) is 20.8. The second kappa shape index (κ2) is 10.2. The van der Waals surface area contributed by atoms with E-state index >= 15 is 0 Å². The summed E-state index contributed by atoms with van der Waals surface area (Å²) in [6, 6.07) is 6.95. The molecule has 2 aliphatic carbocycles. The van der Waals surface area contributed by atoms with Gasteiger partial charge in [0.1, 0.15) is 5.82 Å². The van der Waals surface area contributed by atoms with Gasteiger partial charge in [0.25, 0.3) is 6.47 Å². The maximum absolute atomic E-state index is 13.1. The number of nitrogens with one attached hydrogen (secondary N) is 1. The highest BCUT2D eigenvalue weighted by atomic mass is 19.1. The Morgan fingerprint density at radius 2 is 1.86 bits per heavy atom. The number of ether oxygens (including phenoxy) is 1. The molecule has 1 aromatic carbocycles. The van der Waals surface area contributed by atoms with Crippen LogP contribution >= 0.6 is 0 Å². The molecule has 4 rings (SSSR count). The third-order valence-corrected chi connectivity index (χ3v) is 6.14. The van der Waals surface area contributed by atoms with Crippen molar-refractivity contribution in [2.75, 3.05) is 19.7 Å². The Labute approximate surface area is 171 Å². The highest BCUT2D eigenvalue weighted by molar-refractivity contribution is 5.73. The molecule has 4 atom stereocenters. The van der Waals surface area contributed by atoms with Crippen molar-refractivity contribution in [3.05, 3.63) is 35.6 Å². The molecule has 6 nitrogen and oxygen atoms in total. The number of nitrogens with zero attached hydrogens (tertiary/aromatic N) is 1. The highest BCUT2D eigenvalue weighted by Gasteiger charge is 2.43. The van der Waals surface area contributed by atoms with Crippen LogP contribution in [0.25, 0.3) is 0 Å². The predicted octanol–water partition coefficient (Wildman–Crippen LogP) is 2.67. The fraction of sp³-hybridized carbons (Fsp3) is 0.636. The van der Waals surface area contributed by atoms with Gasteiger partial charge in [0.2, 0.25) is 5.91 Å². The lowest BCUT2D eigenvalue weighted by Gasteiger charge is -2.38. The first kappa shape index (κ1) is 21.7. The van der Waals surface area contributed by atoms with Gasteiger partial charge < -0.3 is 15.2 Å². The van der Waals surface area contributed by atoms with Crippen molar-refractivity contribution in [3.63, 3.8) is 0 Å². The average Bonchev–Trinajstić information content (AvgIpc) is 3.42. The largest absolute Gasteiger partial charge is 0.483 e. The number of carbonyl (C=O) groups excluding carboxylic acids is 1. The van der Waals surface area contributed by atoms with Gasteiger partial charge in [-0.05, 0) is 61.1 Å². The maximum Gasteiger partial charge on any atom is 0.290 e. The van der Waals surface area contributed by atoms with Gasteiger partial charge in [0, 0.05) is 33.2 Å². The fourth-order valence-electron chi connectivity index (χ4n) is 4.63. The van der Waals surface area contributed by atoms with Crippen molar-refractivity contribution >= 4 is 12.4 Å². The monoisotopic (exact) mass is 406 g/mol. The minimum Gasteiger partial charge on any atom is -0.483 e. The number of carbonyl (C=O) groups is 2. The van der Waals surface area contributed by atoms with Crippen LogP contribution in [-0.4, -0.2) is 54.2 Å². The molecule has 7 heteroatoms. The van der Waals surface area contributed by atoms with Gasteiger partial charge in [-0.3, -0.25) is 14.5 Å². The molecular weight excluding hydrogens is 375 g/mol. The van der Waals surface area contributed by atoms with Crippen molar-refractivity contribution < 1.29 is 23.8 Å². The van der Waals surface area contributed by atoms with Gasteiger partial charge >= 0.3 is 0 Å². The fourth-order valence-corrected chi connectivity index (χ4v) is 4.63. The molecule has 0 aromatic heterocycles. The van der Waals surface area contributed by atoms with E-state index in [2.05, 4.69) is 10.2 Å². The molecule has 0 unspecified atom stereocenters. The first-order valence-corrected chi connectivity index (χ1v) is 10.4. The van der Waals surface area contributed by atoms with Gasteiger partial charge in [0.15, 0.2) is 0 Å². The maximum atomic E-state index is 13.1. The summed E-state index contributed by atoms with van der Waals surface area (Å²) in [5.41, 5.74) is 1.16. The molecule has 160 valence electrons. The summed E-state index contributed by atoms with van der Waals surface area (Å²) in [6.45, 7) is 5.17. The van der Waals surface area contributed by atoms with Crippen molar-refractivity contribution in [1.82, 2.24) is 10.2 Å². The molecule has 3 aliphatic rings. The van der Waals surface area contributed by atoms with Gasteiger partial charge in [-0.15, -0.1) is 0 Å². The number of benzene rings is 1. The second-order valence-corrected chi connectivity index (χ2v) is 8.54. The molecule has 2 N–H and O–H groups in total. The number of amides is 1. The van der Waals surface area contributed by atoms with E-state index in [1.54, 1.807) is 6.92 Å². The van der Waals surface area contributed by atoms with Crippen LogP contribution in [0, 0.1) is 23.6 Å². The molecule has 1 aliphatic heterocycles. The lowest BCUT2D eigenvalue weighted by molar-refractivity contribution is -0.123. The van der Waals surface area contributed by atoms with E-state index < -0.39 is 0 Å². The van der Waals surface area contributed by atoms with E-state index in [9.17, 15) is 9.18 Å². The van der Waals surface area contributed by atoms with E-state index in [4.69, 9.17) is 14.6 Å². The number of carboxylic acid groups (broad SMARTS) is 1. The highest BCUT2D eigenvalue weighted by Crippen LogP contribution is 2.39. The van der Waals surface area contributed by atoms with E-state index in [0.717, 1.165) is 50.6 Å². The Hall–Kier alpha value is -1.99. The third-order valence-electron chi connectivity index (χ3n) is 6.14. The third kappa shape index (κ3) is 6.51. The first-order chi connectivity index (χ1) is 14.0. The number of hydrogen-bond donors (Lipinski definition) is 2.